The number of hydrogen-bond donors (Lipinski definition) is 1. The van der Waals surface area contributed by atoms with Crippen molar-refractivity contribution >= 4 is 11.6 Å². The molecule has 0 bridgehead atoms. The van der Waals surface area contributed by atoms with E-state index >= 15 is 0 Å². The van der Waals surface area contributed by atoms with Crippen LogP contribution in [0, 0.1) is 10.1 Å². The number of hydrazine groups is 1. The van der Waals surface area contributed by atoms with Crippen molar-refractivity contribution in [2.75, 3.05) is 6.54 Å². The highest BCUT2D eigenvalue weighted by Gasteiger charge is 2.45. The number of nitrogens with one attached hydrogen (secondary N) is 1. The van der Waals surface area contributed by atoms with Gasteiger partial charge in [-0.15, -0.1) is 0 Å². The molecule has 114 valence electrons. The van der Waals surface area contributed by atoms with E-state index in [4.69, 9.17) is 0 Å². The second kappa shape index (κ2) is 5.68. The fourth-order valence-corrected chi connectivity index (χ4v) is 2.15. The van der Waals surface area contributed by atoms with Crippen LogP contribution in [0.4, 0.5) is 18.9 Å². The van der Waals surface area contributed by atoms with Gasteiger partial charge in [-0.25, -0.2) is 5.01 Å². The normalized spacial score (nSPS) is 17.6. The lowest BCUT2D eigenvalue weighted by atomic mass is 10.0. The Morgan fingerprint density at radius 3 is 2.67 bits per heavy atom. The maximum atomic E-state index is 13.1. The number of amides is 1. The Balaban J connectivity index is 2.21. The number of nitro groups is 1. The van der Waals surface area contributed by atoms with Crippen LogP contribution in [0.2, 0.25) is 0 Å². The van der Waals surface area contributed by atoms with E-state index < -0.39 is 29.5 Å². The highest BCUT2D eigenvalue weighted by atomic mass is 19.4. The molecule has 21 heavy (non-hydrogen) atoms. The fraction of sp³-hybridized carbons (Fsp3) is 0.417. The van der Waals surface area contributed by atoms with E-state index in [9.17, 15) is 28.1 Å². The molecular weight excluding hydrogens is 291 g/mol. The summed E-state index contributed by atoms with van der Waals surface area (Å²) in [5, 5.41) is 11.5. The Kier molecular flexibility index (Phi) is 4.12. The first-order valence-corrected chi connectivity index (χ1v) is 6.13. The van der Waals surface area contributed by atoms with E-state index in [1.165, 1.54) is 18.2 Å². The van der Waals surface area contributed by atoms with Gasteiger partial charge in [0.25, 0.3) is 5.69 Å². The van der Waals surface area contributed by atoms with Crippen molar-refractivity contribution < 1.29 is 22.9 Å². The average molecular weight is 303 g/mol. The molecule has 1 aromatic carbocycles. The van der Waals surface area contributed by atoms with Crippen molar-refractivity contribution in [2.24, 2.45) is 0 Å². The maximum Gasteiger partial charge on any atom is 0.406 e. The van der Waals surface area contributed by atoms with Gasteiger partial charge in [-0.3, -0.25) is 20.3 Å². The summed E-state index contributed by atoms with van der Waals surface area (Å²) in [6.07, 6.45) is -5.02. The van der Waals surface area contributed by atoms with E-state index in [1.807, 2.05) is 0 Å². The number of carbonyl (C=O) groups is 1. The first-order valence-electron chi connectivity index (χ1n) is 6.13. The third-order valence-electron chi connectivity index (χ3n) is 3.15. The van der Waals surface area contributed by atoms with Gasteiger partial charge in [-0.2, -0.15) is 13.2 Å². The van der Waals surface area contributed by atoms with Crippen LogP contribution in [0.1, 0.15) is 12.0 Å². The molecule has 1 fully saturated rings. The summed E-state index contributed by atoms with van der Waals surface area (Å²) in [7, 11) is 0. The number of alkyl halides is 3. The lowest BCUT2D eigenvalue weighted by molar-refractivity contribution is -0.384. The van der Waals surface area contributed by atoms with Gasteiger partial charge in [0.15, 0.2) is 0 Å². The van der Waals surface area contributed by atoms with Crippen LogP contribution in [-0.2, 0) is 11.2 Å². The van der Waals surface area contributed by atoms with Crippen molar-refractivity contribution in [3.05, 3.63) is 39.9 Å². The summed E-state index contributed by atoms with van der Waals surface area (Å²) in [5.41, 5.74) is 2.08. The molecular formula is C12H12F3N3O3. The molecule has 1 aliphatic rings. The van der Waals surface area contributed by atoms with Crippen LogP contribution in [0.3, 0.4) is 0 Å². The van der Waals surface area contributed by atoms with Crippen LogP contribution >= 0.6 is 0 Å². The largest absolute Gasteiger partial charge is 0.406 e. The molecule has 2 rings (SSSR count). The molecule has 0 saturated carbocycles. The third kappa shape index (κ3) is 3.69. The average Bonchev–Trinajstić information content (AvgIpc) is 2.81. The zero-order chi connectivity index (χ0) is 15.6. The minimum atomic E-state index is -4.55. The quantitative estimate of drug-likeness (QED) is 0.680. The molecule has 1 aromatic rings. The Hall–Kier alpha value is -2.16. The molecule has 1 heterocycles. The first kappa shape index (κ1) is 15.2. The highest BCUT2D eigenvalue weighted by Crippen LogP contribution is 2.29. The van der Waals surface area contributed by atoms with Crippen molar-refractivity contribution in [3.8, 4) is 0 Å². The summed E-state index contributed by atoms with van der Waals surface area (Å²) in [6, 6.07) is 3.14. The Morgan fingerprint density at radius 1 is 1.43 bits per heavy atom. The number of non-ortho nitro benzene ring substituents is 1. The zero-order valence-corrected chi connectivity index (χ0v) is 10.8. The summed E-state index contributed by atoms with van der Waals surface area (Å²) in [6.45, 7) is -0.0437. The SMILES string of the molecule is O=C1CCN(C(Cc2cccc([N+](=O)[O-])c2)C(F)(F)F)N1. The fourth-order valence-electron chi connectivity index (χ4n) is 2.15. The number of rotatable bonds is 4. The maximum absolute atomic E-state index is 13.1. The standard InChI is InChI=1S/C12H12F3N3O3/c13-12(14,15)10(17-5-4-11(19)16-17)7-8-2-1-3-9(6-8)18(20)21/h1-3,6,10H,4-5,7H2,(H,16,19). The van der Waals surface area contributed by atoms with Crippen molar-refractivity contribution in [2.45, 2.75) is 25.1 Å². The molecule has 1 atom stereocenters. The van der Waals surface area contributed by atoms with Gasteiger partial charge in [0.05, 0.1) is 4.92 Å². The van der Waals surface area contributed by atoms with E-state index in [0.717, 1.165) is 11.1 Å². The summed E-state index contributed by atoms with van der Waals surface area (Å²) in [4.78, 5) is 21.1. The van der Waals surface area contributed by atoms with Crippen LogP contribution in [0.25, 0.3) is 0 Å². The molecule has 9 heteroatoms. The lowest BCUT2D eigenvalue weighted by Crippen LogP contribution is -2.51. The molecule has 0 radical (unpaired) electrons. The van der Waals surface area contributed by atoms with Crippen LogP contribution < -0.4 is 5.43 Å². The predicted octanol–water partition coefficient (Wildman–Crippen LogP) is 1.81. The molecule has 0 aromatic heterocycles. The molecule has 1 saturated heterocycles. The molecule has 1 N–H and O–H groups in total. The molecule has 1 aliphatic heterocycles. The zero-order valence-electron chi connectivity index (χ0n) is 10.8. The van der Waals surface area contributed by atoms with E-state index in [2.05, 4.69) is 5.43 Å². The van der Waals surface area contributed by atoms with E-state index in [0.29, 0.717) is 0 Å². The topological polar surface area (TPSA) is 75.5 Å². The van der Waals surface area contributed by atoms with Gasteiger partial charge in [-0.1, -0.05) is 12.1 Å². The van der Waals surface area contributed by atoms with Gasteiger partial charge in [0.1, 0.15) is 6.04 Å². The Bertz CT molecular complexity index is 562. The van der Waals surface area contributed by atoms with E-state index in [1.54, 1.807) is 0 Å². The second-order valence-corrected chi connectivity index (χ2v) is 4.67. The second-order valence-electron chi connectivity index (χ2n) is 4.67. The van der Waals surface area contributed by atoms with Crippen molar-refractivity contribution in [1.82, 2.24) is 10.4 Å². The summed E-state index contributed by atoms with van der Waals surface area (Å²) < 4.78 is 39.4. The molecule has 6 nitrogen and oxygen atoms in total. The smallest absolute Gasteiger partial charge is 0.288 e. The van der Waals surface area contributed by atoms with Gasteiger partial charge in [-0.05, 0) is 12.0 Å². The number of hydrogen-bond acceptors (Lipinski definition) is 4. The molecule has 0 spiro atoms. The minimum Gasteiger partial charge on any atom is -0.288 e. The van der Waals surface area contributed by atoms with Gasteiger partial charge >= 0.3 is 6.18 Å². The van der Waals surface area contributed by atoms with Gasteiger partial charge < -0.3 is 0 Å². The molecule has 1 unspecified atom stereocenters. The number of nitro benzene ring substituents is 1. The predicted molar refractivity (Wildman–Crippen MR) is 66.1 cm³/mol. The van der Waals surface area contributed by atoms with Gasteiger partial charge in [0, 0.05) is 25.1 Å². The highest BCUT2D eigenvalue weighted by molar-refractivity contribution is 5.77. The molecule has 1 amide bonds. The Morgan fingerprint density at radius 2 is 2.14 bits per heavy atom. The monoisotopic (exact) mass is 303 g/mol. The number of halogens is 3. The van der Waals surface area contributed by atoms with Crippen molar-refractivity contribution in [1.29, 1.82) is 0 Å². The number of carbonyl (C=O) groups excluding carboxylic acids is 1. The first-order chi connectivity index (χ1) is 9.77. The van der Waals surface area contributed by atoms with Crippen LogP contribution in [-0.4, -0.2) is 34.6 Å². The number of nitrogens with zero attached hydrogens (tertiary/aromatic N) is 2. The lowest BCUT2D eigenvalue weighted by Gasteiger charge is -2.28. The van der Waals surface area contributed by atoms with Gasteiger partial charge in [0.2, 0.25) is 5.91 Å². The molecule has 0 aliphatic carbocycles. The van der Waals surface area contributed by atoms with Crippen LogP contribution in [0.15, 0.2) is 24.3 Å². The summed E-state index contributed by atoms with van der Waals surface area (Å²) in [5.74, 6) is -0.469. The minimum absolute atomic E-state index is 0.00151. The van der Waals surface area contributed by atoms with Crippen LogP contribution in [0.5, 0.6) is 0 Å². The third-order valence-corrected chi connectivity index (χ3v) is 3.15. The number of benzene rings is 1. The van der Waals surface area contributed by atoms with Crippen molar-refractivity contribution in [3.63, 3.8) is 0 Å². The Labute approximate surface area is 117 Å². The summed E-state index contributed by atoms with van der Waals surface area (Å²) >= 11 is 0. The van der Waals surface area contributed by atoms with E-state index in [-0.39, 0.29) is 24.2 Å².